The van der Waals surface area contributed by atoms with Gasteiger partial charge in [0.15, 0.2) is 0 Å². The molecule has 1 amide bonds. The highest BCUT2D eigenvalue weighted by atomic mass is 16.9. The van der Waals surface area contributed by atoms with Crippen LogP contribution in [0.4, 0.5) is 4.79 Å². The summed E-state index contributed by atoms with van der Waals surface area (Å²) < 4.78 is 10.4. The molecule has 2 heterocycles. The van der Waals surface area contributed by atoms with E-state index in [1.165, 1.54) is 4.80 Å². The van der Waals surface area contributed by atoms with Crippen LogP contribution < -0.4 is 0 Å². The van der Waals surface area contributed by atoms with Crippen molar-refractivity contribution in [3.63, 3.8) is 0 Å². The molecular weight excluding hydrogens is 606 g/mol. The van der Waals surface area contributed by atoms with Gasteiger partial charge in [-0.25, -0.2) is 4.79 Å². The van der Waals surface area contributed by atoms with Crippen LogP contribution in [-0.4, -0.2) is 66.8 Å². The summed E-state index contributed by atoms with van der Waals surface area (Å²) >= 11 is 0. The van der Waals surface area contributed by atoms with Gasteiger partial charge in [0.05, 0.1) is 19.8 Å². The van der Waals surface area contributed by atoms with E-state index in [0.29, 0.717) is 31.6 Å². The number of hydrogen-bond donors (Lipinski definition) is 0. The summed E-state index contributed by atoms with van der Waals surface area (Å²) in [5.74, 6) is 1.44. The summed E-state index contributed by atoms with van der Waals surface area (Å²) in [6.07, 6.45) is 6.50. The number of aromatic nitrogens is 4. The summed E-state index contributed by atoms with van der Waals surface area (Å²) in [4.78, 5) is 48.2. The first-order valence-corrected chi connectivity index (χ1v) is 16.3. The predicted octanol–water partition coefficient (Wildman–Crippen LogP) is 6.30. The van der Waals surface area contributed by atoms with E-state index in [1.54, 1.807) is 6.92 Å². The van der Waals surface area contributed by atoms with Gasteiger partial charge in [0.1, 0.15) is 11.4 Å². The number of tetrazole rings is 1. The lowest BCUT2D eigenvalue weighted by Gasteiger charge is -2.23. The van der Waals surface area contributed by atoms with Crippen LogP contribution >= 0.6 is 0 Å². The Bertz CT molecular complexity index is 1570. The second-order valence-corrected chi connectivity index (χ2v) is 11.9. The first-order valence-electron chi connectivity index (χ1n) is 16.3. The Morgan fingerprint density at radius 2 is 1.74 bits per heavy atom. The average molecular weight is 648 g/mol. The van der Waals surface area contributed by atoms with Gasteiger partial charge in [-0.05, 0) is 67.4 Å². The number of hydrogen-bond acceptors (Lipinski definition) is 11. The second-order valence-electron chi connectivity index (χ2n) is 11.9. The normalized spacial score (nSPS) is 15.9. The van der Waals surface area contributed by atoms with Crippen LogP contribution in [0.15, 0.2) is 53.5 Å². The van der Waals surface area contributed by atoms with Gasteiger partial charge >= 0.3 is 6.16 Å². The lowest BCUT2D eigenvalue weighted by molar-refractivity contribution is -0.757. The number of aliphatic imine (C=N–C) groups is 1. The number of ether oxygens (including phenoxy) is 2. The zero-order chi connectivity index (χ0) is 33.2. The molecule has 14 heteroatoms. The maximum Gasteiger partial charge on any atom is 0.510 e. The number of benzene rings is 2. The number of amides is 1. The maximum absolute atomic E-state index is 13.5. The Hall–Kier alpha value is -4.88. The van der Waals surface area contributed by atoms with Crippen molar-refractivity contribution in [2.45, 2.75) is 96.4 Å². The van der Waals surface area contributed by atoms with Crippen LogP contribution in [-0.2, 0) is 25.7 Å². The molecule has 1 fully saturated rings. The highest BCUT2D eigenvalue weighted by molar-refractivity contribution is 6.08. The molecule has 0 saturated heterocycles. The van der Waals surface area contributed by atoms with Crippen LogP contribution in [0.2, 0.25) is 0 Å². The lowest BCUT2D eigenvalue weighted by Crippen LogP contribution is -2.40. The van der Waals surface area contributed by atoms with Gasteiger partial charge in [-0.1, -0.05) is 74.7 Å². The summed E-state index contributed by atoms with van der Waals surface area (Å²) in [5, 5.41) is 22.1. The van der Waals surface area contributed by atoms with Crippen LogP contribution in [0.1, 0.15) is 89.8 Å². The highest BCUT2D eigenvalue weighted by Crippen LogP contribution is 2.40. The minimum Gasteiger partial charge on any atom is -0.434 e. The molecule has 1 atom stereocenters. The fourth-order valence-corrected chi connectivity index (χ4v) is 5.98. The molecule has 0 radical (unpaired) electrons. The van der Waals surface area contributed by atoms with Gasteiger partial charge in [0.25, 0.3) is 11.0 Å². The molecule has 1 unspecified atom stereocenters. The first kappa shape index (κ1) is 33.5. The van der Waals surface area contributed by atoms with Gasteiger partial charge < -0.3 is 14.3 Å². The SMILES string of the molecule is CCCCC1=NC2(CCCC2)C(=O)N1Cc1ccc(-c2ccccc2-c2nnn(C(C)OC(=O)OCCCCCO[N+](=O)[O-])n2)cc1. The molecule has 3 aromatic rings. The molecule has 1 spiro atoms. The van der Waals surface area contributed by atoms with Crippen LogP contribution in [0.3, 0.4) is 0 Å². The van der Waals surface area contributed by atoms with Crippen LogP contribution in [0.5, 0.6) is 0 Å². The molecule has 0 N–H and O–H groups in total. The predicted molar refractivity (Wildman–Crippen MR) is 171 cm³/mol. The minimum atomic E-state index is -0.879. The van der Waals surface area contributed by atoms with Crippen molar-refractivity contribution in [2.75, 3.05) is 13.2 Å². The molecule has 2 aliphatic rings. The fourth-order valence-electron chi connectivity index (χ4n) is 5.98. The Morgan fingerprint density at radius 3 is 2.47 bits per heavy atom. The van der Waals surface area contributed by atoms with Crippen molar-refractivity contribution in [2.24, 2.45) is 4.99 Å². The van der Waals surface area contributed by atoms with Crippen molar-refractivity contribution in [1.82, 2.24) is 25.1 Å². The van der Waals surface area contributed by atoms with Gasteiger partial charge in [0, 0.05) is 12.0 Å². The van der Waals surface area contributed by atoms with E-state index in [4.69, 9.17) is 14.5 Å². The first-order chi connectivity index (χ1) is 22.8. The molecule has 47 heavy (non-hydrogen) atoms. The summed E-state index contributed by atoms with van der Waals surface area (Å²) in [6.45, 7) is 4.36. The zero-order valence-electron chi connectivity index (χ0n) is 26.9. The molecular formula is C33H41N7O7. The van der Waals surface area contributed by atoms with Crippen LogP contribution in [0.25, 0.3) is 22.5 Å². The number of amidine groups is 1. The third-order valence-corrected chi connectivity index (χ3v) is 8.48. The standard InChI is InChI=1S/C33H41N7O7/c1-3-4-14-29-34-33(19-8-9-20-33)31(41)38(29)23-25-15-17-26(18-16-25)27-12-6-7-13-28(27)30-35-37-39(36-30)24(2)47-32(42)45-21-10-5-11-22-46-40(43)44/h6-7,12-13,15-18,24H,3-5,8-11,14,19-23H2,1-2H3. The summed E-state index contributed by atoms with van der Waals surface area (Å²) in [6, 6.07) is 15.9. The second kappa shape index (κ2) is 15.6. The van der Waals surface area contributed by atoms with Crippen molar-refractivity contribution in [3.05, 3.63) is 64.2 Å². The largest absolute Gasteiger partial charge is 0.510 e. The number of carbonyl (C=O) groups is 2. The molecule has 250 valence electrons. The topological polar surface area (TPSA) is 164 Å². The van der Waals surface area contributed by atoms with E-state index in [2.05, 4.69) is 27.2 Å². The van der Waals surface area contributed by atoms with E-state index in [1.807, 2.05) is 53.4 Å². The number of unbranched alkanes of at least 4 members (excludes halogenated alkanes) is 3. The molecule has 2 aromatic carbocycles. The molecule has 1 aliphatic heterocycles. The smallest absolute Gasteiger partial charge is 0.434 e. The minimum absolute atomic E-state index is 0.000331. The van der Waals surface area contributed by atoms with Gasteiger partial charge in [-0.2, -0.15) is 0 Å². The Balaban J connectivity index is 1.19. The molecule has 1 aromatic heterocycles. The zero-order valence-corrected chi connectivity index (χ0v) is 26.9. The summed E-state index contributed by atoms with van der Waals surface area (Å²) in [5.41, 5.74) is 3.11. The van der Waals surface area contributed by atoms with Crippen molar-refractivity contribution in [3.8, 4) is 22.5 Å². The Morgan fingerprint density at radius 1 is 1.02 bits per heavy atom. The van der Waals surface area contributed by atoms with Crippen LogP contribution in [0, 0.1) is 10.1 Å². The summed E-state index contributed by atoms with van der Waals surface area (Å²) in [7, 11) is 0. The molecule has 1 aliphatic carbocycles. The van der Waals surface area contributed by atoms with E-state index in [9.17, 15) is 19.7 Å². The maximum atomic E-state index is 13.5. The quantitative estimate of drug-likeness (QED) is 0.0745. The lowest BCUT2D eigenvalue weighted by atomic mass is 9.97. The third kappa shape index (κ3) is 8.29. The highest BCUT2D eigenvalue weighted by Gasteiger charge is 2.49. The monoisotopic (exact) mass is 647 g/mol. The van der Waals surface area contributed by atoms with Crippen molar-refractivity contribution >= 4 is 17.9 Å². The average Bonchev–Trinajstić information content (AvgIpc) is 3.81. The van der Waals surface area contributed by atoms with E-state index in [0.717, 1.165) is 73.0 Å². The van der Waals surface area contributed by atoms with Gasteiger partial charge in [-0.15, -0.1) is 25.1 Å². The van der Waals surface area contributed by atoms with E-state index in [-0.39, 0.29) is 19.1 Å². The van der Waals surface area contributed by atoms with E-state index < -0.39 is 23.0 Å². The van der Waals surface area contributed by atoms with E-state index >= 15 is 0 Å². The van der Waals surface area contributed by atoms with Crippen molar-refractivity contribution in [1.29, 1.82) is 0 Å². The molecule has 14 nitrogen and oxygen atoms in total. The number of rotatable bonds is 16. The number of nitrogens with zero attached hydrogens (tertiary/aromatic N) is 7. The van der Waals surface area contributed by atoms with Gasteiger partial charge in [0.2, 0.25) is 12.1 Å². The van der Waals surface area contributed by atoms with Crippen molar-refractivity contribution < 1.29 is 29.0 Å². The number of carbonyl (C=O) groups excluding carboxylic acids is 2. The van der Waals surface area contributed by atoms with Gasteiger partial charge in [-0.3, -0.25) is 14.7 Å². The Kier molecular flexibility index (Phi) is 11.1. The molecule has 5 rings (SSSR count). The Labute approximate surface area is 273 Å². The third-order valence-electron chi connectivity index (χ3n) is 8.48. The molecule has 0 bridgehead atoms. The fraction of sp³-hybridized carbons (Fsp3) is 0.515. The molecule has 1 saturated carbocycles.